The van der Waals surface area contributed by atoms with Crippen LogP contribution < -0.4 is 11.1 Å². The summed E-state index contributed by atoms with van der Waals surface area (Å²) in [5.74, 6) is 0.00528. The third kappa shape index (κ3) is 4.27. The minimum atomic E-state index is -0.434. The molecular weight excluding hydrogens is 282 g/mol. The Hall–Kier alpha value is -1.95. The first kappa shape index (κ1) is 16.4. The van der Waals surface area contributed by atoms with E-state index in [0.717, 1.165) is 31.2 Å². The van der Waals surface area contributed by atoms with Gasteiger partial charge < -0.3 is 11.1 Å². The van der Waals surface area contributed by atoms with Crippen molar-refractivity contribution in [3.05, 3.63) is 39.9 Å². The van der Waals surface area contributed by atoms with Gasteiger partial charge in [0.15, 0.2) is 0 Å². The summed E-state index contributed by atoms with van der Waals surface area (Å²) < 4.78 is 0. The molecule has 1 fully saturated rings. The minimum Gasteiger partial charge on any atom is -0.352 e. The Morgan fingerprint density at radius 3 is 2.41 bits per heavy atom. The minimum absolute atomic E-state index is 0.00528. The number of nitro groups is 1. The monoisotopic (exact) mass is 305 g/mol. The molecule has 22 heavy (non-hydrogen) atoms. The fraction of sp³-hybridized carbons (Fsp3) is 0.562. The van der Waals surface area contributed by atoms with Crippen LogP contribution in [0.3, 0.4) is 0 Å². The molecule has 1 amide bonds. The van der Waals surface area contributed by atoms with Crippen LogP contribution in [0.15, 0.2) is 24.3 Å². The Morgan fingerprint density at radius 2 is 1.86 bits per heavy atom. The SMILES string of the molecule is NCC1(CC(=O)NCc2ccc([N+](=O)[O-])cc2)CCCCC1. The molecule has 1 aromatic rings. The fourth-order valence-corrected chi connectivity index (χ4v) is 3.09. The average Bonchev–Trinajstić information content (AvgIpc) is 2.54. The zero-order valence-electron chi connectivity index (χ0n) is 12.7. The van der Waals surface area contributed by atoms with Gasteiger partial charge in [-0.2, -0.15) is 0 Å². The molecule has 0 atom stereocenters. The van der Waals surface area contributed by atoms with Crippen molar-refractivity contribution in [1.29, 1.82) is 0 Å². The lowest BCUT2D eigenvalue weighted by atomic mass is 9.71. The molecule has 0 aliphatic heterocycles. The van der Waals surface area contributed by atoms with Crippen LogP contribution >= 0.6 is 0 Å². The third-order valence-corrected chi connectivity index (χ3v) is 4.52. The number of nitrogens with one attached hydrogen (secondary N) is 1. The molecule has 1 aliphatic rings. The molecule has 120 valence electrons. The summed E-state index contributed by atoms with van der Waals surface area (Å²) in [5.41, 5.74) is 6.76. The lowest BCUT2D eigenvalue weighted by molar-refractivity contribution is -0.384. The first-order valence-corrected chi connectivity index (χ1v) is 7.75. The van der Waals surface area contributed by atoms with E-state index >= 15 is 0 Å². The number of nitrogens with zero attached hydrogens (tertiary/aromatic N) is 1. The van der Waals surface area contributed by atoms with Crippen LogP contribution in [0.25, 0.3) is 0 Å². The molecule has 0 unspecified atom stereocenters. The summed E-state index contributed by atoms with van der Waals surface area (Å²) in [6.07, 6.45) is 6.03. The third-order valence-electron chi connectivity index (χ3n) is 4.52. The Labute approximate surface area is 130 Å². The maximum atomic E-state index is 12.1. The van der Waals surface area contributed by atoms with Crippen LogP contribution in [-0.2, 0) is 11.3 Å². The predicted molar refractivity (Wildman–Crippen MR) is 84.1 cm³/mol. The van der Waals surface area contributed by atoms with Crippen molar-refractivity contribution in [2.45, 2.75) is 45.1 Å². The quantitative estimate of drug-likeness (QED) is 0.623. The molecule has 1 saturated carbocycles. The van der Waals surface area contributed by atoms with Crippen LogP contribution in [0, 0.1) is 15.5 Å². The van der Waals surface area contributed by atoms with Crippen molar-refractivity contribution in [3.63, 3.8) is 0 Å². The number of nitro benzene ring substituents is 1. The van der Waals surface area contributed by atoms with Gasteiger partial charge in [0, 0.05) is 25.1 Å². The molecule has 6 nitrogen and oxygen atoms in total. The van der Waals surface area contributed by atoms with Crippen molar-refractivity contribution in [1.82, 2.24) is 5.32 Å². The fourth-order valence-electron chi connectivity index (χ4n) is 3.09. The first-order chi connectivity index (χ1) is 10.5. The van der Waals surface area contributed by atoms with Gasteiger partial charge in [-0.1, -0.05) is 31.4 Å². The normalized spacial score (nSPS) is 17.0. The van der Waals surface area contributed by atoms with Gasteiger partial charge in [0.2, 0.25) is 5.91 Å². The zero-order chi connectivity index (χ0) is 16.0. The van der Waals surface area contributed by atoms with E-state index in [2.05, 4.69) is 5.32 Å². The molecule has 3 N–H and O–H groups in total. The smallest absolute Gasteiger partial charge is 0.269 e. The van der Waals surface area contributed by atoms with E-state index in [1.165, 1.54) is 18.6 Å². The molecule has 1 aromatic carbocycles. The Bertz CT molecular complexity index is 522. The molecule has 0 aromatic heterocycles. The predicted octanol–water partition coefficient (Wildman–Crippen LogP) is 2.51. The number of hydrogen-bond donors (Lipinski definition) is 2. The summed E-state index contributed by atoms with van der Waals surface area (Å²) in [7, 11) is 0. The van der Waals surface area contributed by atoms with Crippen LogP contribution in [0.4, 0.5) is 5.69 Å². The number of amides is 1. The maximum absolute atomic E-state index is 12.1. The molecule has 1 aliphatic carbocycles. The second kappa shape index (κ2) is 7.35. The van der Waals surface area contributed by atoms with E-state index in [0.29, 0.717) is 19.5 Å². The van der Waals surface area contributed by atoms with E-state index in [4.69, 9.17) is 5.73 Å². The second-order valence-electron chi connectivity index (χ2n) is 6.14. The Kier molecular flexibility index (Phi) is 5.49. The van der Waals surface area contributed by atoms with Crippen LogP contribution in [0.2, 0.25) is 0 Å². The molecule has 2 rings (SSSR count). The second-order valence-corrected chi connectivity index (χ2v) is 6.14. The highest BCUT2D eigenvalue weighted by Crippen LogP contribution is 2.38. The molecule has 0 heterocycles. The summed E-state index contributed by atoms with van der Waals surface area (Å²) in [6.45, 7) is 0.940. The number of hydrogen-bond acceptors (Lipinski definition) is 4. The summed E-state index contributed by atoms with van der Waals surface area (Å²) >= 11 is 0. The molecule has 0 spiro atoms. The number of carbonyl (C=O) groups is 1. The molecular formula is C16H23N3O3. The van der Waals surface area contributed by atoms with Gasteiger partial charge in [0.05, 0.1) is 4.92 Å². The van der Waals surface area contributed by atoms with E-state index in [-0.39, 0.29) is 17.0 Å². The molecule has 0 saturated heterocycles. The molecule has 6 heteroatoms. The van der Waals surface area contributed by atoms with Crippen molar-refractivity contribution >= 4 is 11.6 Å². The largest absolute Gasteiger partial charge is 0.352 e. The number of nitrogens with two attached hydrogens (primary N) is 1. The van der Waals surface area contributed by atoms with Gasteiger partial charge in [-0.3, -0.25) is 14.9 Å². The molecule has 0 radical (unpaired) electrons. The van der Waals surface area contributed by atoms with E-state index in [9.17, 15) is 14.9 Å². The van der Waals surface area contributed by atoms with Gasteiger partial charge in [-0.25, -0.2) is 0 Å². The van der Waals surface area contributed by atoms with Gasteiger partial charge in [0.25, 0.3) is 5.69 Å². The average molecular weight is 305 g/mol. The maximum Gasteiger partial charge on any atom is 0.269 e. The highest BCUT2D eigenvalue weighted by molar-refractivity contribution is 5.76. The van der Waals surface area contributed by atoms with Crippen molar-refractivity contribution < 1.29 is 9.72 Å². The number of non-ortho nitro benzene ring substituents is 1. The number of rotatable bonds is 6. The van der Waals surface area contributed by atoms with Crippen molar-refractivity contribution in [2.24, 2.45) is 11.1 Å². The number of carbonyl (C=O) groups excluding carboxylic acids is 1. The van der Waals surface area contributed by atoms with E-state index in [1.54, 1.807) is 12.1 Å². The summed E-state index contributed by atoms with van der Waals surface area (Å²) in [4.78, 5) is 22.3. The van der Waals surface area contributed by atoms with Crippen molar-refractivity contribution in [2.75, 3.05) is 6.54 Å². The summed E-state index contributed by atoms with van der Waals surface area (Å²) in [5, 5.41) is 13.5. The van der Waals surface area contributed by atoms with Crippen LogP contribution in [-0.4, -0.2) is 17.4 Å². The van der Waals surface area contributed by atoms with E-state index in [1.807, 2.05) is 0 Å². The van der Waals surface area contributed by atoms with Crippen LogP contribution in [0.5, 0.6) is 0 Å². The highest BCUT2D eigenvalue weighted by Gasteiger charge is 2.32. The lowest BCUT2D eigenvalue weighted by Crippen LogP contribution is -2.38. The standard InChI is InChI=1S/C16H23N3O3/c17-12-16(8-2-1-3-9-16)10-15(20)18-11-13-4-6-14(7-5-13)19(21)22/h4-7H,1-3,8-12,17H2,(H,18,20). The van der Waals surface area contributed by atoms with Crippen molar-refractivity contribution in [3.8, 4) is 0 Å². The van der Waals surface area contributed by atoms with Gasteiger partial charge in [-0.05, 0) is 30.4 Å². The molecule has 0 bridgehead atoms. The first-order valence-electron chi connectivity index (χ1n) is 7.75. The Balaban J connectivity index is 1.85. The lowest BCUT2D eigenvalue weighted by Gasteiger charge is -2.35. The Morgan fingerprint density at radius 1 is 1.23 bits per heavy atom. The van der Waals surface area contributed by atoms with Gasteiger partial charge >= 0.3 is 0 Å². The summed E-state index contributed by atoms with van der Waals surface area (Å²) in [6, 6.07) is 6.23. The van der Waals surface area contributed by atoms with Gasteiger partial charge in [-0.15, -0.1) is 0 Å². The highest BCUT2D eigenvalue weighted by atomic mass is 16.6. The topological polar surface area (TPSA) is 98.3 Å². The zero-order valence-corrected chi connectivity index (χ0v) is 12.7. The van der Waals surface area contributed by atoms with E-state index < -0.39 is 4.92 Å². The van der Waals surface area contributed by atoms with Gasteiger partial charge in [0.1, 0.15) is 0 Å². The van der Waals surface area contributed by atoms with Crippen LogP contribution in [0.1, 0.15) is 44.1 Å². The number of benzene rings is 1.